The van der Waals surface area contributed by atoms with Crippen molar-refractivity contribution in [3.8, 4) is 11.3 Å². The van der Waals surface area contributed by atoms with Gasteiger partial charge in [0.05, 0.1) is 16.9 Å². The molecule has 1 N–H and O–H groups in total. The average Bonchev–Trinajstić information content (AvgIpc) is 2.96. The number of imidazole rings is 1. The van der Waals surface area contributed by atoms with Crippen LogP contribution in [0.1, 0.15) is 5.56 Å². The van der Waals surface area contributed by atoms with E-state index in [1.165, 1.54) is 12.1 Å². The van der Waals surface area contributed by atoms with Gasteiger partial charge in [0.25, 0.3) is 0 Å². The third kappa shape index (κ3) is 3.43. The van der Waals surface area contributed by atoms with Crippen molar-refractivity contribution in [1.82, 2.24) is 15.0 Å². The second-order valence-corrected chi connectivity index (χ2v) is 5.74. The summed E-state index contributed by atoms with van der Waals surface area (Å²) in [4.78, 5) is 11.5. The molecule has 0 amide bonds. The average molecular weight is 320 g/mol. The molecule has 3 aromatic rings. The van der Waals surface area contributed by atoms with Gasteiger partial charge in [0.2, 0.25) is 0 Å². The number of H-pyrrole nitrogens is 1. The fourth-order valence-corrected chi connectivity index (χ4v) is 2.94. The Morgan fingerprint density at radius 2 is 1.95 bits per heavy atom. The molecule has 0 aliphatic heterocycles. The van der Waals surface area contributed by atoms with E-state index in [0.29, 0.717) is 10.8 Å². The summed E-state index contributed by atoms with van der Waals surface area (Å²) < 4.78 is 12.9. The summed E-state index contributed by atoms with van der Waals surface area (Å²) >= 11 is 7.62. The maximum Gasteiger partial charge on any atom is 0.166 e. The van der Waals surface area contributed by atoms with Crippen LogP contribution in [0.2, 0.25) is 5.02 Å². The van der Waals surface area contributed by atoms with Crippen molar-refractivity contribution in [3.63, 3.8) is 0 Å². The second-order valence-electron chi connectivity index (χ2n) is 4.36. The van der Waals surface area contributed by atoms with E-state index in [0.717, 1.165) is 22.0 Å². The number of nitrogens with zero attached hydrogens (tertiary/aromatic N) is 2. The van der Waals surface area contributed by atoms with Crippen LogP contribution in [0.25, 0.3) is 11.3 Å². The molecule has 0 aliphatic carbocycles. The molecule has 6 heteroatoms. The second kappa shape index (κ2) is 6.28. The predicted molar refractivity (Wildman–Crippen MR) is 82.8 cm³/mol. The maximum absolute atomic E-state index is 12.9. The zero-order valence-electron chi connectivity index (χ0n) is 10.9. The van der Waals surface area contributed by atoms with Crippen LogP contribution in [0.4, 0.5) is 4.39 Å². The lowest BCUT2D eigenvalue weighted by atomic mass is 10.2. The van der Waals surface area contributed by atoms with Crippen LogP contribution in [-0.4, -0.2) is 15.0 Å². The molecule has 3 rings (SSSR count). The quantitative estimate of drug-likeness (QED) is 0.717. The van der Waals surface area contributed by atoms with E-state index in [1.807, 2.05) is 6.07 Å². The van der Waals surface area contributed by atoms with Crippen LogP contribution < -0.4 is 0 Å². The van der Waals surface area contributed by atoms with Crippen LogP contribution in [-0.2, 0) is 5.75 Å². The van der Waals surface area contributed by atoms with Crippen LogP contribution in [0.5, 0.6) is 0 Å². The highest BCUT2D eigenvalue weighted by Crippen LogP contribution is 2.26. The molecule has 0 spiro atoms. The van der Waals surface area contributed by atoms with Gasteiger partial charge in [-0.25, -0.2) is 9.37 Å². The molecule has 0 unspecified atom stereocenters. The molecule has 0 radical (unpaired) electrons. The number of aromatic amines is 1. The van der Waals surface area contributed by atoms with Crippen molar-refractivity contribution >= 4 is 23.4 Å². The van der Waals surface area contributed by atoms with Gasteiger partial charge in [-0.3, -0.25) is 4.98 Å². The summed E-state index contributed by atoms with van der Waals surface area (Å²) in [5.41, 5.74) is 2.77. The third-order valence-electron chi connectivity index (χ3n) is 2.93. The molecular formula is C15H11ClFN3S. The minimum Gasteiger partial charge on any atom is -0.333 e. The first-order valence-corrected chi connectivity index (χ1v) is 7.61. The van der Waals surface area contributed by atoms with Gasteiger partial charge in [0.1, 0.15) is 5.82 Å². The van der Waals surface area contributed by atoms with E-state index >= 15 is 0 Å². The van der Waals surface area contributed by atoms with Crippen molar-refractivity contribution < 1.29 is 4.39 Å². The number of aromatic nitrogens is 3. The largest absolute Gasteiger partial charge is 0.333 e. The predicted octanol–water partition coefficient (Wildman–Crippen LogP) is 4.56. The first-order valence-electron chi connectivity index (χ1n) is 6.24. The topological polar surface area (TPSA) is 41.6 Å². The van der Waals surface area contributed by atoms with Crippen molar-refractivity contribution in [2.24, 2.45) is 0 Å². The lowest BCUT2D eigenvalue weighted by molar-refractivity contribution is 0.628. The minimum absolute atomic E-state index is 0.250. The van der Waals surface area contributed by atoms with E-state index in [2.05, 4.69) is 15.0 Å². The Bertz CT molecular complexity index is 743. The van der Waals surface area contributed by atoms with Crippen LogP contribution in [0.3, 0.4) is 0 Å². The molecule has 21 heavy (non-hydrogen) atoms. The minimum atomic E-state index is -0.250. The van der Waals surface area contributed by atoms with Gasteiger partial charge in [-0.2, -0.15) is 0 Å². The Kier molecular flexibility index (Phi) is 4.22. The van der Waals surface area contributed by atoms with E-state index in [9.17, 15) is 4.39 Å². The zero-order valence-corrected chi connectivity index (χ0v) is 12.5. The van der Waals surface area contributed by atoms with E-state index in [-0.39, 0.29) is 5.82 Å². The smallest absolute Gasteiger partial charge is 0.166 e. The number of thioether (sulfide) groups is 1. The molecule has 0 saturated carbocycles. The van der Waals surface area contributed by atoms with Gasteiger partial charge in [-0.1, -0.05) is 23.4 Å². The van der Waals surface area contributed by atoms with E-state index in [4.69, 9.17) is 11.6 Å². The highest BCUT2D eigenvalue weighted by molar-refractivity contribution is 7.98. The Morgan fingerprint density at radius 1 is 1.14 bits per heavy atom. The summed E-state index contributed by atoms with van der Waals surface area (Å²) in [7, 11) is 0. The normalized spacial score (nSPS) is 10.8. The molecule has 0 saturated heterocycles. The van der Waals surface area contributed by atoms with Gasteiger partial charge in [-0.05, 0) is 41.5 Å². The highest BCUT2D eigenvalue weighted by Gasteiger charge is 2.06. The molecule has 0 bridgehead atoms. The summed E-state index contributed by atoms with van der Waals surface area (Å²) in [5, 5.41) is 1.44. The number of benzene rings is 1. The Balaban J connectivity index is 1.71. The molecule has 0 aliphatic rings. The molecule has 106 valence electrons. The standard InChI is InChI=1S/C15H11ClFN3S/c16-13-7-18-6-5-11(13)9-21-15-19-8-14(20-15)10-1-3-12(17)4-2-10/h1-8H,9H2,(H,19,20). The van der Waals surface area contributed by atoms with Gasteiger partial charge in [-0.15, -0.1) is 0 Å². The highest BCUT2D eigenvalue weighted by atomic mass is 35.5. The first-order chi connectivity index (χ1) is 10.2. The molecule has 2 aromatic heterocycles. The summed E-state index contributed by atoms with van der Waals surface area (Å²) in [6.07, 6.45) is 5.08. The SMILES string of the molecule is Fc1ccc(-c2cnc(SCc3ccncc3Cl)[nH]2)cc1. The molecular weight excluding hydrogens is 309 g/mol. The molecule has 3 nitrogen and oxygen atoms in total. The summed E-state index contributed by atoms with van der Waals surface area (Å²) in [6.45, 7) is 0. The molecule has 0 atom stereocenters. The Morgan fingerprint density at radius 3 is 2.71 bits per heavy atom. The van der Waals surface area contributed by atoms with Crippen molar-refractivity contribution in [2.75, 3.05) is 0 Å². The van der Waals surface area contributed by atoms with Crippen molar-refractivity contribution in [2.45, 2.75) is 10.9 Å². The number of hydrogen-bond donors (Lipinski definition) is 1. The lowest BCUT2D eigenvalue weighted by Crippen LogP contribution is -1.85. The van der Waals surface area contributed by atoms with Gasteiger partial charge in [0.15, 0.2) is 5.16 Å². The number of rotatable bonds is 4. The van der Waals surface area contributed by atoms with Gasteiger partial charge in [0, 0.05) is 18.1 Å². The maximum atomic E-state index is 12.9. The number of hydrogen-bond acceptors (Lipinski definition) is 3. The van der Waals surface area contributed by atoms with Crippen LogP contribution in [0, 0.1) is 5.82 Å². The van der Waals surface area contributed by atoms with Crippen molar-refractivity contribution in [1.29, 1.82) is 0 Å². The van der Waals surface area contributed by atoms with E-state index in [1.54, 1.807) is 42.5 Å². The number of nitrogens with one attached hydrogen (secondary N) is 1. The Hall–Kier alpha value is -1.85. The lowest BCUT2D eigenvalue weighted by Gasteiger charge is -2.01. The molecule has 0 fully saturated rings. The molecule has 2 heterocycles. The Labute approximate surface area is 130 Å². The van der Waals surface area contributed by atoms with Crippen molar-refractivity contribution in [3.05, 3.63) is 65.3 Å². The monoisotopic (exact) mass is 319 g/mol. The fraction of sp³-hybridized carbons (Fsp3) is 0.0667. The third-order valence-corrected chi connectivity index (χ3v) is 4.21. The number of pyridine rings is 1. The first kappa shape index (κ1) is 14.1. The zero-order chi connectivity index (χ0) is 14.7. The van der Waals surface area contributed by atoms with Crippen LogP contribution >= 0.6 is 23.4 Å². The fourth-order valence-electron chi connectivity index (χ4n) is 1.82. The van der Waals surface area contributed by atoms with Gasteiger partial charge >= 0.3 is 0 Å². The summed E-state index contributed by atoms with van der Waals surface area (Å²) in [5.74, 6) is 0.456. The summed E-state index contributed by atoms with van der Waals surface area (Å²) in [6, 6.07) is 8.19. The van der Waals surface area contributed by atoms with Crippen LogP contribution in [0.15, 0.2) is 54.1 Å². The van der Waals surface area contributed by atoms with E-state index < -0.39 is 0 Å². The van der Waals surface area contributed by atoms with Gasteiger partial charge < -0.3 is 4.98 Å². The number of halogens is 2. The molecule has 1 aromatic carbocycles.